The molecule has 0 N–H and O–H groups in total. The molecule has 1 unspecified atom stereocenters. The van der Waals surface area contributed by atoms with Crippen LogP contribution in [0.5, 0.6) is 0 Å². The van der Waals surface area contributed by atoms with E-state index in [0.717, 1.165) is 0 Å². The molecule has 1 rings (SSSR count). The summed E-state index contributed by atoms with van der Waals surface area (Å²) in [5.41, 5.74) is -0.877. The van der Waals surface area contributed by atoms with Crippen LogP contribution in [0.15, 0.2) is 0 Å². The first-order chi connectivity index (χ1) is 7.65. The van der Waals surface area contributed by atoms with Crippen molar-refractivity contribution in [3.05, 3.63) is 0 Å². The molecular weight excluding hydrogens is 236 g/mol. The summed E-state index contributed by atoms with van der Waals surface area (Å²) in [6, 6.07) is 0. The molecule has 1 fully saturated rings. The van der Waals surface area contributed by atoms with E-state index in [-0.39, 0.29) is 11.0 Å². The van der Waals surface area contributed by atoms with Crippen LogP contribution in [0.1, 0.15) is 27.2 Å². The van der Waals surface area contributed by atoms with Crippen molar-refractivity contribution >= 4 is 14.3 Å². The largest absolute Gasteiger partial charge is 0.467 e. The second-order valence-electron chi connectivity index (χ2n) is 6.15. The summed E-state index contributed by atoms with van der Waals surface area (Å²) < 4.78 is 16.5. The predicted molar refractivity (Wildman–Crippen MR) is 68.5 cm³/mol. The summed E-state index contributed by atoms with van der Waals surface area (Å²) >= 11 is 0. The number of hydrogen-bond acceptors (Lipinski definition) is 4. The molecule has 1 aliphatic heterocycles. The molecule has 100 valence electrons. The molecule has 0 saturated carbocycles. The van der Waals surface area contributed by atoms with E-state index in [9.17, 15) is 4.79 Å². The van der Waals surface area contributed by atoms with E-state index in [0.29, 0.717) is 19.6 Å². The number of methoxy groups -OCH3 is 1. The Morgan fingerprint density at radius 3 is 2.29 bits per heavy atom. The highest BCUT2D eigenvalue weighted by molar-refractivity contribution is 6.74. The molecule has 4 nitrogen and oxygen atoms in total. The van der Waals surface area contributed by atoms with E-state index in [1.807, 2.05) is 0 Å². The van der Waals surface area contributed by atoms with Gasteiger partial charge in [0, 0.05) is 6.42 Å². The van der Waals surface area contributed by atoms with Gasteiger partial charge in [-0.3, -0.25) is 0 Å². The topological polar surface area (TPSA) is 44.8 Å². The lowest BCUT2D eigenvalue weighted by Crippen LogP contribution is -2.54. The first-order valence-corrected chi connectivity index (χ1v) is 8.92. The molecule has 0 amide bonds. The van der Waals surface area contributed by atoms with Gasteiger partial charge in [0.1, 0.15) is 0 Å². The maximum atomic E-state index is 11.9. The van der Waals surface area contributed by atoms with E-state index in [1.54, 1.807) is 0 Å². The highest BCUT2D eigenvalue weighted by Gasteiger charge is 2.51. The van der Waals surface area contributed by atoms with E-state index >= 15 is 0 Å². The molecule has 0 aromatic heterocycles. The van der Waals surface area contributed by atoms with E-state index in [4.69, 9.17) is 13.9 Å². The van der Waals surface area contributed by atoms with Crippen LogP contribution in [-0.2, 0) is 18.7 Å². The fourth-order valence-corrected chi connectivity index (χ4v) is 3.18. The summed E-state index contributed by atoms with van der Waals surface area (Å²) in [6.45, 7) is 11.6. The Labute approximate surface area is 105 Å². The van der Waals surface area contributed by atoms with Gasteiger partial charge in [0.2, 0.25) is 0 Å². The van der Waals surface area contributed by atoms with Crippen LogP contribution in [0.2, 0.25) is 18.1 Å². The molecule has 0 spiro atoms. The van der Waals surface area contributed by atoms with Crippen LogP contribution >= 0.6 is 0 Å². The van der Waals surface area contributed by atoms with E-state index in [2.05, 4.69) is 33.9 Å². The summed E-state index contributed by atoms with van der Waals surface area (Å²) in [5, 5.41) is 0.0661. The van der Waals surface area contributed by atoms with Crippen molar-refractivity contribution in [2.45, 2.75) is 50.9 Å². The zero-order valence-electron chi connectivity index (χ0n) is 11.8. The van der Waals surface area contributed by atoms with Gasteiger partial charge in [0.05, 0.1) is 20.3 Å². The molecule has 0 aromatic rings. The maximum absolute atomic E-state index is 11.9. The Morgan fingerprint density at radius 1 is 1.35 bits per heavy atom. The summed E-state index contributed by atoms with van der Waals surface area (Å²) in [6.07, 6.45) is 0.589. The summed E-state index contributed by atoms with van der Waals surface area (Å²) in [7, 11) is -0.602. The van der Waals surface area contributed by atoms with Gasteiger partial charge >= 0.3 is 5.97 Å². The Balaban J connectivity index is 2.92. The SMILES string of the molecule is COC(=O)C1(O[Si](C)(C)C(C)(C)C)CCOC1. The first-order valence-electron chi connectivity index (χ1n) is 6.01. The minimum Gasteiger partial charge on any atom is -0.467 e. The van der Waals surface area contributed by atoms with Gasteiger partial charge in [0.15, 0.2) is 13.9 Å². The van der Waals surface area contributed by atoms with Gasteiger partial charge in [-0.15, -0.1) is 0 Å². The van der Waals surface area contributed by atoms with Crippen molar-refractivity contribution in [2.75, 3.05) is 20.3 Å². The van der Waals surface area contributed by atoms with Crippen molar-refractivity contribution in [2.24, 2.45) is 0 Å². The van der Waals surface area contributed by atoms with E-state index in [1.165, 1.54) is 7.11 Å². The standard InChI is InChI=1S/C12H24O4Si/c1-11(2,3)17(5,6)16-12(10(13)14-4)7-8-15-9-12/h7-9H2,1-6H3. The Bertz CT molecular complexity index is 287. The van der Waals surface area contributed by atoms with Crippen molar-refractivity contribution < 1.29 is 18.7 Å². The summed E-state index contributed by atoms with van der Waals surface area (Å²) in [5.74, 6) is -0.306. The van der Waals surface area contributed by atoms with Gasteiger partial charge in [-0.05, 0) is 18.1 Å². The molecule has 1 aliphatic rings. The van der Waals surface area contributed by atoms with Crippen molar-refractivity contribution in [3.8, 4) is 0 Å². The third-order valence-electron chi connectivity index (χ3n) is 3.80. The number of esters is 1. The molecule has 1 atom stereocenters. The molecule has 1 heterocycles. The molecular formula is C12H24O4Si. The minimum absolute atomic E-state index is 0.0661. The molecule has 0 radical (unpaired) electrons. The van der Waals surface area contributed by atoms with Gasteiger partial charge in [-0.2, -0.15) is 0 Å². The number of carbonyl (C=O) groups excluding carboxylic acids is 1. The second kappa shape index (κ2) is 4.70. The Morgan fingerprint density at radius 2 is 1.94 bits per heavy atom. The van der Waals surface area contributed by atoms with Gasteiger partial charge in [0.25, 0.3) is 0 Å². The van der Waals surface area contributed by atoms with Crippen molar-refractivity contribution in [1.82, 2.24) is 0 Å². The zero-order valence-corrected chi connectivity index (χ0v) is 12.8. The van der Waals surface area contributed by atoms with Gasteiger partial charge in [-0.1, -0.05) is 20.8 Å². The second-order valence-corrected chi connectivity index (χ2v) is 10.9. The normalized spacial score (nSPS) is 26.0. The van der Waals surface area contributed by atoms with Crippen LogP contribution in [0.25, 0.3) is 0 Å². The van der Waals surface area contributed by atoms with Crippen molar-refractivity contribution in [1.29, 1.82) is 0 Å². The van der Waals surface area contributed by atoms with Crippen LogP contribution in [0.4, 0.5) is 0 Å². The van der Waals surface area contributed by atoms with Crippen LogP contribution in [0.3, 0.4) is 0 Å². The number of hydrogen-bond donors (Lipinski definition) is 0. The monoisotopic (exact) mass is 260 g/mol. The van der Waals surface area contributed by atoms with Gasteiger partial charge in [-0.25, -0.2) is 4.79 Å². The van der Waals surface area contributed by atoms with Crippen molar-refractivity contribution in [3.63, 3.8) is 0 Å². The lowest BCUT2D eigenvalue weighted by atomic mass is 10.0. The maximum Gasteiger partial charge on any atom is 0.339 e. The fraction of sp³-hybridized carbons (Fsp3) is 0.917. The first kappa shape index (κ1) is 14.7. The summed E-state index contributed by atoms with van der Waals surface area (Å²) in [4.78, 5) is 11.9. The predicted octanol–water partition coefficient (Wildman–Crippen LogP) is 2.34. The van der Waals surface area contributed by atoms with Crippen LogP contribution < -0.4 is 0 Å². The molecule has 5 heteroatoms. The molecule has 0 aromatic carbocycles. The minimum atomic E-state index is -2.00. The average molecular weight is 260 g/mol. The highest BCUT2D eigenvalue weighted by Crippen LogP contribution is 2.41. The number of carbonyl (C=O) groups is 1. The number of ether oxygens (including phenoxy) is 2. The third kappa shape index (κ3) is 2.89. The molecule has 0 bridgehead atoms. The van der Waals surface area contributed by atoms with Crippen LogP contribution in [0, 0.1) is 0 Å². The van der Waals surface area contributed by atoms with Gasteiger partial charge < -0.3 is 13.9 Å². The molecule has 0 aliphatic carbocycles. The average Bonchev–Trinajstić information content (AvgIpc) is 2.63. The quantitative estimate of drug-likeness (QED) is 0.577. The highest BCUT2D eigenvalue weighted by atomic mass is 28.4. The Hall–Kier alpha value is -0.393. The molecule has 1 saturated heterocycles. The number of rotatable bonds is 3. The third-order valence-corrected chi connectivity index (χ3v) is 8.31. The lowest BCUT2D eigenvalue weighted by Gasteiger charge is -2.42. The molecule has 17 heavy (non-hydrogen) atoms. The van der Waals surface area contributed by atoms with E-state index < -0.39 is 13.9 Å². The zero-order chi connectivity index (χ0) is 13.3. The Kier molecular flexibility index (Phi) is 4.06. The van der Waals surface area contributed by atoms with Crippen LogP contribution in [-0.4, -0.2) is 40.2 Å². The fourth-order valence-electron chi connectivity index (χ4n) is 1.66. The lowest BCUT2D eigenvalue weighted by molar-refractivity contribution is -0.160. The smallest absolute Gasteiger partial charge is 0.339 e.